The Bertz CT molecular complexity index is 883. The minimum Gasteiger partial charge on any atom is -0.456 e. The van der Waals surface area contributed by atoms with Crippen LogP contribution in [0, 0.1) is 0 Å². The Kier molecular flexibility index (Phi) is 5.44. The van der Waals surface area contributed by atoms with Crippen LogP contribution in [0.4, 0.5) is 5.69 Å². The highest BCUT2D eigenvalue weighted by Gasteiger charge is 2.19. The van der Waals surface area contributed by atoms with E-state index in [4.69, 9.17) is 27.9 Å². The molecule has 2 N–H and O–H groups in total. The minimum absolute atomic E-state index is 0.0308. The van der Waals surface area contributed by atoms with Gasteiger partial charge in [0.15, 0.2) is 0 Å². The van der Waals surface area contributed by atoms with Crippen molar-refractivity contribution in [1.82, 2.24) is 10.2 Å². The lowest BCUT2D eigenvalue weighted by molar-refractivity contribution is 0.483. The van der Waals surface area contributed by atoms with E-state index in [9.17, 15) is 0 Å². The van der Waals surface area contributed by atoms with Crippen LogP contribution < -0.4 is 10.1 Å². The highest BCUT2D eigenvalue weighted by Crippen LogP contribution is 2.32. The van der Waals surface area contributed by atoms with Gasteiger partial charge in [0.2, 0.25) is 0 Å². The van der Waals surface area contributed by atoms with Crippen molar-refractivity contribution >= 4 is 28.9 Å². The predicted octanol–water partition coefficient (Wildman–Crippen LogP) is 6.42. The second-order valence-electron chi connectivity index (χ2n) is 7.07. The van der Waals surface area contributed by atoms with Crippen molar-refractivity contribution in [2.45, 2.75) is 32.7 Å². The summed E-state index contributed by atoms with van der Waals surface area (Å²) in [7, 11) is 0. The Hall–Kier alpha value is -2.17. The van der Waals surface area contributed by atoms with Crippen molar-refractivity contribution in [1.29, 1.82) is 0 Å². The average Bonchev–Trinajstić information content (AvgIpc) is 3.06. The van der Waals surface area contributed by atoms with E-state index in [2.05, 4.69) is 36.3 Å². The van der Waals surface area contributed by atoms with E-state index < -0.39 is 0 Å². The molecule has 0 amide bonds. The van der Waals surface area contributed by atoms with Crippen molar-refractivity contribution in [2.75, 3.05) is 5.32 Å². The Morgan fingerprint density at radius 3 is 2.46 bits per heavy atom. The molecular formula is C20H21Cl2N3O. The lowest BCUT2D eigenvalue weighted by Crippen LogP contribution is -2.15. The van der Waals surface area contributed by atoms with E-state index in [1.807, 2.05) is 30.5 Å². The molecule has 136 valence electrons. The van der Waals surface area contributed by atoms with Crippen LogP contribution in [0.3, 0.4) is 0 Å². The molecule has 1 aromatic heterocycles. The summed E-state index contributed by atoms with van der Waals surface area (Å²) in [6, 6.07) is 12.9. The first-order valence-electron chi connectivity index (χ1n) is 8.32. The maximum Gasteiger partial charge on any atom is 0.146 e. The fourth-order valence-electron chi connectivity index (χ4n) is 2.62. The molecule has 0 fully saturated rings. The number of hydrogen-bond acceptors (Lipinski definition) is 3. The molecule has 3 rings (SSSR count). The van der Waals surface area contributed by atoms with Gasteiger partial charge in [0.25, 0.3) is 0 Å². The molecule has 0 bridgehead atoms. The molecule has 0 aliphatic carbocycles. The molecule has 3 aromatic rings. The third-order valence-electron chi connectivity index (χ3n) is 3.93. The summed E-state index contributed by atoms with van der Waals surface area (Å²) in [4.78, 5) is 0. The molecule has 1 heterocycles. The first-order valence-corrected chi connectivity index (χ1v) is 9.08. The largest absolute Gasteiger partial charge is 0.456 e. The van der Waals surface area contributed by atoms with Crippen LogP contribution in [-0.4, -0.2) is 10.2 Å². The summed E-state index contributed by atoms with van der Waals surface area (Å²) in [6.45, 7) is 7.19. The van der Waals surface area contributed by atoms with E-state index in [0.29, 0.717) is 28.1 Å². The second kappa shape index (κ2) is 7.60. The lowest BCUT2D eigenvalue weighted by Gasteiger charge is -2.18. The summed E-state index contributed by atoms with van der Waals surface area (Å²) >= 11 is 12.0. The van der Waals surface area contributed by atoms with Crippen LogP contribution in [0.2, 0.25) is 10.0 Å². The van der Waals surface area contributed by atoms with Gasteiger partial charge in [0, 0.05) is 33.9 Å². The number of rotatable bonds is 5. The topological polar surface area (TPSA) is 49.9 Å². The molecule has 6 heteroatoms. The van der Waals surface area contributed by atoms with Gasteiger partial charge < -0.3 is 10.1 Å². The van der Waals surface area contributed by atoms with E-state index in [1.54, 1.807) is 18.2 Å². The summed E-state index contributed by atoms with van der Waals surface area (Å²) in [5.41, 5.74) is 3.33. The SMILES string of the molecule is CC(C)(C)c1[nH]ncc1CNc1ccc(Oc2ccc(Cl)cc2Cl)cc1. The number of nitrogens with zero attached hydrogens (tertiary/aromatic N) is 1. The monoisotopic (exact) mass is 389 g/mol. The normalized spacial score (nSPS) is 11.4. The predicted molar refractivity (Wildman–Crippen MR) is 108 cm³/mol. The number of halogens is 2. The minimum atomic E-state index is 0.0308. The highest BCUT2D eigenvalue weighted by molar-refractivity contribution is 6.35. The standard InChI is InChI=1S/C20H21Cl2N3O/c1-20(2,3)19-13(12-24-25-19)11-23-15-5-7-16(8-6-15)26-18-9-4-14(21)10-17(18)22/h4-10,12,23H,11H2,1-3H3,(H,24,25). The smallest absolute Gasteiger partial charge is 0.146 e. The number of aromatic amines is 1. The maximum absolute atomic E-state index is 6.14. The van der Waals surface area contributed by atoms with E-state index in [-0.39, 0.29) is 5.41 Å². The zero-order valence-corrected chi connectivity index (χ0v) is 16.4. The molecule has 0 aliphatic heterocycles. The summed E-state index contributed by atoms with van der Waals surface area (Å²) < 4.78 is 5.80. The van der Waals surface area contributed by atoms with E-state index >= 15 is 0 Å². The maximum atomic E-state index is 6.14. The van der Waals surface area contributed by atoms with E-state index in [1.165, 1.54) is 0 Å². The van der Waals surface area contributed by atoms with Gasteiger partial charge in [0.1, 0.15) is 11.5 Å². The Morgan fingerprint density at radius 2 is 1.81 bits per heavy atom. The van der Waals surface area contributed by atoms with Crippen molar-refractivity contribution in [3.8, 4) is 11.5 Å². The molecule has 2 aromatic carbocycles. The molecule has 4 nitrogen and oxygen atoms in total. The Balaban J connectivity index is 1.64. The summed E-state index contributed by atoms with van der Waals surface area (Å²) in [5.74, 6) is 1.28. The molecular weight excluding hydrogens is 369 g/mol. The molecule has 0 saturated carbocycles. The molecule has 26 heavy (non-hydrogen) atoms. The number of hydrogen-bond donors (Lipinski definition) is 2. The zero-order valence-electron chi connectivity index (χ0n) is 14.9. The number of nitrogens with one attached hydrogen (secondary N) is 2. The van der Waals surface area contributed by atoms with Crippen molar-refractivity contribution < 1.29 is 4.74 Å². The van der Waals surface area contributed by atoms with Gasteiger partial charge >= 0.3 is 0 Å². The number of H-pyrrole nitrogens is 1. The van der Waals surface area contributed by atoms with Crippen LogP contribution in [0.5, 0.6) is 11.5 Å². The molecule has 0 spiro atoms. The quantitative estimate of drug-likeness (QED) is 0.529. The molecule has 0 unspecified atom stereocenters. The van der Waals surface area contributed by atoms with Crippen LogP contribution in [-0.2, 0) is 12.0 Å². The fraction of sp³-hybridized carbons (Fsp3) is 0.250. The van der Waals surface area contributed by atoms with Crippen molar-refractivity contribution in [3.05, 3.63) is 70.0 Å². The van der Waals surface area contributed by atoms with Crippen LogP contribution >= 0.6 is 23.2 Å². The van der Waals surface area contributed by atoms with Crippen molar-refractivity contribution in [3.63, 3.8) is 0 Å². The zero-order chi connectivity index (χ0) is 18.7. The van der Waals surface area contributed by atoms with Gasteiger partial charge in [-0.25, -0.2) is 0 Å². The van der Waals surface area contributed by atoms with Crippen molar-refractivity contribution in [2.24, 2.45) is 0 Å². The lowest BCUT2D eigenvalue weighted by atomic mass is 9.89. The van der Waals surface area contributed by atoms with Crippen LogP contribution in [0.1, 0.15) is 32.0 Å². The Morgan fingerprint density at radius 1 is 1.08 bits per heavy atom. The summed E-state index contributed by atoms with van der Waals surface area (Å²) in [5, 5.41) is 11.7. The van der Waals surface area contributed by atoms with Gasteiger partial charge in [-0.05, 0) is 42.5 Å². The molecule has 0 saturated heterocycles. The van der Waals surface area contributed by atoms with Gasteiger partial charge in [-0.2, -0.15) is 5.10 Å². The second-order valence-corrected chi connectivity index (χ2v) is 7.92. The number of anilines is 1. The first kappa shape index (κ1) is 18.6. The third kappa shape index (κ3) is 4.51. The first-order chi connectivity index (χ1) is 12.3. The average molecular weight is 390 g/mol. The van der Waals surface area contributed by atoms with Crippen LogP contribution in [0.25, 0.3) is 0 Å². The molecule has 0 atom stereocenters. The Labute approximate surface area is 163 Å². The number of aromatic nitrogens is 2. The number of ether oxygens (including phenoxy) is 1. The third-order valence-corrected chi connectivity index (χ3v) is 4.46. The van der Waals surface area contributed by atoms with Gasteiger partial charge in [0.05, 0.1) is 11.2 Å². The summed E-state index contributed by atoms with van der Waals surface area (Å²) in [6.07, 6.45) is 1.87. The fourth-order valence-corrected chi connectivity index (χ4v) is 3.06. The van der Waals surface area contributed by atoms with Crippen LogP contribution in [0.15, 0.2) is 48.7 Å². The van der Waals surface area contributed by atoms with Gasteiger partial charge in [-0.1, -0.05) is 44.0 Å². The van der Waals surface area contributed by atoms with Gasteiger partial charge in [-0.3, -0.25) is 5.10 Å². The van der Waals surface area contributed by atoms with E-state index in [0.717, 1.165) is 16.9 Å². The van der Waals surface area contributed by atoms with Gasteiger partial charge in [-0.15, -0.1) is 0 Å². The molecule has 0 aliphatic rings. The molecule has 0 radical (unpaired) electrons. The highest BCUT2D eigenvalue weighted by atomic mass is 35.5. The number of benzene rings is 2.